The molecule has 4 nitrogen and oxygen atoms in total. The first-order valence-corrected chi connectivity index (χ1v) is 6.52. The summed E-state index contributed by atoms with van der Waals surface area (Å²) in [4.78, 5) is 22.5. The molecule has 0 aromatic carbocycles. The first kappa shape index (κ1) is 13.2. The summed E-state index contributed by atoms with van der Waals surface area (Å²) in [6, 6.07) is 0. The van der Waals surface area contributed by atoms with Gasteiger partial charge in [-0.05, 0) is 31.4 Å². The van der Waals surface area contributed by atoms with E-state index >= 15 is 0 Å². The Labute approximate surface area is 102 Å². The molecule has 0 spiro atoms. The van der Waals surface area contributed by atoms with Crippen LogP contribution in [0, 0.1) is 0 Å². The summed E-state index contributed by atoms with van der Waals surface area (Å²) < 4.78 is 0. The Hall–Kier alpha value is -0.880. The van der Waals surface area contributed by atoms with Gasteiger partial charge in [-0.15, -0.1) is 23.5 Å². The van der Waals surface area contributed by atoms with Gasteiger partial charge in [-0.25, -0.2) is 9.59 Å². The highest BCUT2D eigenvalue weighted by Crippen LogP contribution is 2.35. The van der Waals surface area contributed by atoms with E-state index in [4.69, 9.17) is 10.2 Å². The lowest BCUT2D eigenvalue weighted by molar-refractivity contribution is -0.132. The highest BCUT2D eigenvalue weighted by molar-refractivity contribution is 8.20. The van der Waals surface area contributed by atoms with Gasteiger partial charge in [-0.3, -0.25) is 0 Å². The number of hydrogen-bond donors (Lipinski definition) is 2. The molecule has 88 valence electrons. The topological polar surface area (TPSA) is 74.6 Å². The fraction of sp³-hybridized carbons (Fsp3) is 0.400. The van der Waals surface area contributed by atoms with Crippen LogP contribution < -0.4 is 0 Å². The summed E-state index contributed by atoms with van der Waals surface area (Å²) in [5, 5.41) is 18.3. The maximum Gasteiger partial charge on any atom is 0.342 e. The van der Waals surface area contributed by atoms with E-state index in [1.807, 2.05) is 0 Å². The monoisotopic (exact) mass is 260 g/mol. The number of thioether (sulfide) groups is 2. The third-order valence-electron chi connectivity index (χ3n) is 2.10. The molecule has 0 aromatic rings. The fourth-order valence-corrected chi connectivity index (χ4v) is 3.50. The molecule has 6 heteroatoms. The molecule has 0 aromatic heterocycles. The predicted octanol–water partition coefficient (Wildman–Crippen LogP) is 2.53. The van der Waals surface area contributed by atoms with Crippen molar-refractivity contribution in [3.8, 4) is 0 Å². The Balaban J connectivity index is 3.07. The predicted molar refractivity (Wildman–Crippen MR) is 65.3 cm³/mol. The average Bonchev–Trinajstić information content (AvgIpc) is 2.13. The zero-order valence-corrected chi connectivity index (χ0v) is 10.6. The molecule has 1 heterocycles. The van der Waals surface area contributed by atoms with Crippen molar-refractivity contribution in [1.29, 1.82) is 0 Å². The van der Waals surface area contributed by atoms with E-state index < -0.39 is 11.9 Å². The second-order valence-electron chi connectivity index (χ2n) is 3.41. The van der Waals surface area contributed by atoms with E-state index in [0.29, 0.717) is 32.5 Å². The molecule has 0 bridgehead atoms. The van der Waals surface area contributed by atoms with Crippen LogP contribution in [0.4, 0.5) is 0 Å². The van der Waals surface area contributed by atoms with Gasteiger partial charge in [0.1, 0.15) is 0 Å². The quantitative estimate of drug-likeness (QED) is 0.794. The first-order chi connectivity index (χ1) is 7.43. The highest BCUT2D eigenvalue weighted by Gasteiger charge is 2.20. The van der Waals surface area contributed by atoms with Gasteiger partial charge in [0.2, 0.25) is 0 Å². The van der Waals surface area contributed by atoms with Crippen LogP contribution in [-0.2, 0) is 9.59 Å². The van der Waals surface area contributed by atoms with Crippen LogP contribution in [0.15, 0.2) is 21.0 Å². The van der Waals surface area contributed by atoms with Crippen molar-refractivity contribution in [2.24, 2.45) is 0 Å². The zero-order chi connectivity index (χ0) is 12.3. The number of allylic oxidation sites excluding steroid dienone is 2. The van der Waals surface area contributed by atoms with Crippen LogP contribution in [0.3, 0.4) is 0 Å². The van der Waals surface area contributed by atoms with Crippen LogP contribution in [0.25, 0.3) is 0 Å². The molecule has 0 fully saturated rings. The van der Waals surface area contributed by atoms with Gasteiger partial charge in [0.25, 0.3) is 0 Å². The number of carboxylic acid groups (broad SMARTS) is 2. The molecule has 1 aliphatic heterocycles. The molecular formula is C10H12O4S2. The van der Waals surface area contributed by atoms with Gasteiger partial charge in [0.15, 0.2) is 0 Å². The minimum absolute atomic E-state index is 0.330. The largest absolute Gasteiger partial charge is 0.477 e. The number of carboxylic acids is 2. The molecule has 0 saturated heterocycles. The first-order valence-electron chi connectivity index (χ1n) is 4.55. The summed E-state index contributed by atoms with van der Waals surface area (Å²) >= 11 is 2.36. The minimum Gasteiger partial charge on any atom is -0.477 e. The molecule has 0 amide bonds. The van der Waals surface area contributed by atoms with Crippen molar-refractivity contribution in [3.05, 3.63) is 21.0 Å². The van der Waals surface area contributed by atoms with Crippen molar-refractivity contribution < 1.29 is 19.8 Å². The van der Waals surface area contributed by atoms with E-state index in [1.54, 1.807) is 13.8 Å². The van der Waals surface area contributed by atoms with E-state index in [9.17, 15) is 9.59 Å². The van der Waals surface area contributed by atoms with Gasteiger partial charge >= 0.3 is 11.9 Å². The molecule has 0 atom stereocenters. The Morgan fingerprint density at radius 2 is 1.38 bits per heavy atom. The second kappa shape index (κ2) is 5.45. The van der Waals surface area contributed by atoms with Crippen LogP contribution in [0.5, 0.6) is 0 Å². The van der Waals surface area contributed by atoms with Crippen molar-refractivity contribution in [2.45, 2.75) is 20.3 Å². The maximum absolute atomic E-state index is 10.9. The molecular weight excluding hydrogens is 248 g/mol. The lowest BCUT2D eigenvalue weighted by Crippen LogP contribution is -2.07. The Morgan fingerprint density at radius 3 is 1.69 bits per heavy atom. The lowest BCUT2D eigenvalue weighted by Gasteiger charge is -2.14. The summed E-state index contributed by atoms with van der Waals surface area (Å²) in [5.41, 5.74) is 1.43. The summed E-state index contributed by atoms with van der Waals surface area (Å²) in [6.45, 7) is 3.46. The van der Waals surface area contributed by atoms with Crippen molar-refractivity contribution in [3.63, 3.8) is 0 Å². The minimum atomic E-state index is -0.935. The highest BCUT2D eigenvalue weighted by atomic mass is 32.2. The third kappa shape index (κ3) is 3.05. The summed E-state index contributed by atoms with van der Waals surface area (Å²) in [7, 11) is 0. The second-order valence-corrected chi connectivity index (χ2v) is 5.75. The Kier molecular flexibility index (Phi) is 4.49. The van der Waals surface area contributed by atoms with Crippen LogP contribution in [0.1, 0.15) is 20.3 Å². The van der Waals surface area contributed by atoms with E-state index in [1.165, 1.54) is 23.5 Å². The number of aliphatic carboxylic acids is 2. The molecule has 1 rings (SSSR count). The molecule has 0 aliphatic carbocycles. The Morgan fingerprint density at radius 1 is 1.00 bits per heavy atom. The zero-order valence-electron chi connectivity index (χ0n) is 8.94. The molecule has 16 heavy (non-hydrogen) atoms. The van der Waals surface area contributed by atoms with Gasteiger partial charge in [-0.2, -0.15) is 0 Å². The summed E-state index contributed by atoms with van der Waals surface area (Å²) in [6.07, 6.45) is 0.406. The van der Waals surface area contributed by atoms with Gasteiger partial charge < -0.3 is 10.2 Å². The van der Waals surface area contributed by atoms with Crippen LogP contribution in [-0.4, -0.2) is 27.2 Å². The van der Waals surface area contributed by atoms with Crippen molar-refractivity contribution in [1.82, 2.24) is 0 Å². The number of carbonyl (C=O) groups is 2. The van der Waals surface area contributed by atoms with Gasteiger partial charge in [0, 0.05) is 5.08 Å². The van der Waals surface area contributed by atoms with E-state index in [2.05, 4.69) is 0 Å². The lowest BCUT2D eigenvalue weighted by atomic mass is 10.1. The van der Waals surface area contributed by atoms with Crippen LogP contribution in [0.2, 0.25) is 0 Å². The summed E-state index contributed by atoms with van der Waals surface area (Å²) in [5.74, 6) is -1.87. The fourth-order valence-electron chi connectivity index (χ4n) is 1.44. The van der Waals surface area contributed by atoms with E-state index in [-0.39, 0.29) is 0 Å². The van der Waals surface area contributed by atoms with E-state index in [0.717, 1.165) is 0 Å². The van der Waals surface area contributed by atoms with Gasteiger partial charge in [-0.1, -0.05) is 0 Å². The molecule has 0 unspecified atom stereocenters. The standard InChI is InChI=1S/C10H12O4S2/c1-5-3-6(2)8(10(13)14)16-4-15-7(5)9(11)12/h3-4H2,1-2H3,(H,11,12)(H,13,14). The van der Waals surface area contributed by atoms with Crippen LogP contribution >= 0.6 is 23.5 Å². The number of rotatable bonds is 2. The molecule has 0 saturated carbocycles. The normalized spacial score (nSPS) is 18.1. The molecule has 0 radical (unpaired) electrons. The Bertz CT molecular complexity index is 360. The average molecular weight is 260 g/mol. The smallest absolute Gasteiger partial charge is 0.342 e. The molecule has 2 N–H and O–H groups in total. The molecule has 1 aliphatic rings. The van der Waals surface area contributed by atoms with Crippen molar-refractivity contribution in [2.75, 3.05) is 5.08 Å². The number of hydrogen-bond acceptors (Lipinski definition) is 4. The van der Waals surface area contributed by atoms with Crippen molar-refractivity contribution >= 4 is 35.5 Å². The SMILES string of the molecule is CC1=C(C(=O)O)SCSC(C(=O)O)=C(C)C1. The maximum atomic E-state index is 10.9. The van der Waals surface area contributed by atoms with Gasteiger partial charge in [0.05, 0.1) is 9.81 Å². The third-order valence-corrected chi connectivity index (χ3v) is 4.67.